The average Bonchev–Trinajstić information content (AvgIpc) is 2.10. The molecular weight excluding hydrogens is 182 g/mol. The molecule has 82 valence electrons. The third-order valence-corrected chi connectivity index (χ3v) is 1.54. The van der Waals surface area contributed by atoms with Crippen LogP contribution in [0.2, 0.25) is 0 Å². The molecule has 5 heteroatoms. The van der Waals surface area contributed by atoms with Crippen LogP contribution in [0.15, 0.2) is 0 Å². The molecule has 0 unspecified atom stereocenters. The van der Waals surface area contributed by atoms with Gasteiger partial charge in [0.05, 0.1) is 6.54 Å². The minimum Gasteiger partial charge on any atom is -0.358 e. The van der Waals surface area contributed by atoms with Crippen molar-refractivity contribution in [3.63, 3.8) is 0 Å². The normalized spacial score (nSPS) is 10.0. The van der Waals surface area contributed by atoms with Crippen molar-refractivity contribution in [2.45, 2.75) is 26.3 Å². The Hall–Kier alpha value is -1.10. The maximum Gasteiger partial charge on any atom is 0.233 e. The van der Waals surface area contributed by atoms with Gasteiger partial charge in [-0.1, -0.05) is 0 Å². The van der Waals surface area contributed by atoms with E-state index in [0.717, 1.165) is 0 Å². The predicted octanol–water partition coefficient (Wildman–Crippen LogP) is -0.763. The highest BCUT2D eigenvalue weighted by Gasteiger charge is 2.02. The zero-order valence-corrected chi connectivity index (χ0v) is 9.02. The molecule has 0 fully saturated rings. The zero-order chi connectivity index (χ0) is 11.0. The van der Waals surface area contributed by atoms with E-state index in [9.17, 15) is 9.59 Å². The van der Waals surface area contributed by atoms with Gasteiger partial charge >= 0.3 is 0 Å². The molecular formula is C9H19N3O2. The molecule has 0 atom stereocenters. The van der Waals surface area contributed by atoms with Gasteiger partial charge in [-0.25, -0.2) is 0 Å². The van der Waals surface area contributed by atoms with Gasteiger partial charge in [0.1, 0.15) is 0 Å². The van der Waals surface area contributed by atoms with Crippen molar-refractivity contribution < 1.29 is 9.59 Å². The number of likely N-dealkylation sites (N-methyl/N-ethyl adjacent to an activating group) is 1. The van der Waals surface area contributed by atoms with Gasteiger partial charge in [-0.3, -0.25) is 9.59 Å². The highest BCUT2D eigenvalue weighted by atomic mass is 16.2. The minimum absolute atomic E-state index is 0.00408. The molecule has 0 spiro atoms. The molecule has 0 aliphatic carbocycles. The Kier molecular flexibility index (Phi) is 6.74. The lowest BCUT2D eigenvalue weighted by atomic mass is 10.3. The van der Waals surface area contributed by atoms with Crippen LogP contribution >= 0.6 is 0 Å². The second-order valence-corrected chi connectivity index (χ2v) is 3.32. The Labute approximate surface area is 84.6 Å². The maximum absolute atomic E-state index is 11.1. The summed E-state index contributed by atoms with van der Waals surface area (Å²) < 4.78 is 0. The zero-order valence-electron chi connectivity index (χ0n) is 9.02. The Balaban J connectivity index is 3.36. The number of hydrogen-bond acceptors (Lipinski definition) is 3. The van der Waals surface area contributed by atoms with Crippen LogP contribution in [0.4, 0.5) is 0 Å². The van der Waals surface area contributed by atoms with Crippen LogP contribution in [0.3, 0.4) is 0 Å². The van der Waals surface area contributed by atoms with Gasteiger partial charge in [-0.15, -0.1) is 0 Å². The second kappa shape index (κ2) is 7.32. The molecule has 14 heavy (non-hydrogen) atoms. The van der Waals surface area contributed by atoms with Crippen LogP contribution in [-0.2, 0) is 9.59 Å². The summed E-state index contributed by atoms with van der Waals surface area (Å²) in [7, 11) is 1.58. The smallest absolute Gasteiger partial charge is 0.233 e. The quantitative estimate of drug-likeness (QED) is 0.495. The SMILES string of the molecule is CNC(=O)CNCCC(=O)NC(C)C. The highest BCUT2D eigenvalue weighted by Crippen LogP contribution is 1.81. The van der Waals surface area contributed by atoms with Crippen molar-refractivity contribution >= 4 is 11.8 Å². The van der Waals surface area contributed by atoms with Crippen molar-refractivity contribution in [2.24, 2.45) is 0 Å². The van der Waals surface area contributed by atoms with Crippen LogP contribution in [0.25, 0.3) is 0 Å². The number of rotatable bonds is 6. The molecule has 0 bridgehead atoms. The largest absolute Gasteiger partial charge is 0.358 e. The first kappa shape index (κ1) is 12.9. The minimum atomic E-state index is -0.0748. The number of amides is 2. The standard InChI is InChI=1S/C9H19N3O2/c1-7(2)12-8(13)4-5-11-6-9(14)10-3/h7,11H,4-6H2,1-3H3,(H,10,14)(H,12,13). The van der Waals surface area contributed by atoms with Crippen LogP contribution in [0.5, 0.6) is 0 Å². The average molecular weight is 201 g/mol. The second-order valence-electron chi connectivity index (χ2n) is 3.32. The molecule has 0 aliphatic rings. The summed E-state index contributed by atoms with van der Waals surface area (Å²) >= 11 is 0. The monoisotopic (exact) mass is 201 g/mol. The summed E-state index contributed by atoms with van der Waals surface area (Å²) in [5, 5.41) is 8.12. The molecule has 5 nitrogen and oxygen atoms in total. The van der Waals surface area contributed by atoms with Crippen molar-refractivity contribution in [3.8, 4) is 0 Å². The Morgan fingerprint density at radius 3 is 2.36 bits per heavy atom. The fraction of sp³-hybridized carbons (Fsp3) is 0.778. The van der Waals surface area contributed by atoms with E-state index in [-0.39, 0.29) is 24.4 Å². The summed E-state index contributed by atoms with van der Waals surface area (Å²) in [6, 6.07) is 0.168. The van der Waals surface area contributed by atoms with Crippen molar-refractivity contribution in [1.82, 2.24) is 16.0 Å². The highest BCUT2D eigenvalue weighted by molar-refractivity contribution is 5.78. The van der Waals surface area contributed by atoms with E-state index >= 15 is 0 Å². The molecule has 0 rings (SSSR count). The predicted molar refractivity (Wildman–Crippen MR) is 54.8 cm³/mol. The molecule has 0 heterocycles. The van der Waals surface area contributed by atoms with E-state index in [1.54, 1.807) is 7.05 Å². The molecule has 0 aromatic rings. The van der Waals surface area contributed by atoms with Crippen molar-refractivity contribution in [2.75, 3.05) is 20.1 Å². The fourth-order valence-electron chi connectivity index (χ4n) is 0.886. The van der Waals surface area contributed by atoms with Gasteiger partial charge in [0.2, 0.25) is 11.8 Å². The van der Waals surface area contributed by atoms with E-state index in [0.29, 0.717) is 13.0 Å². The summed E-state index contributed by atoms with van der Waals surface area (Å²) in [5.74, 6) is -0.0707. The number of carbonyl (C=O) groups is 2. The Morgan fingerprint density at radius 1 is 1.21 bits per heavy atom. The van der Waals surface area contributed by atoms with Gasteiger partial charge in [-0.2, -0.15) is 0 Å². The van der Waals surface area contributed by atoms with Crippen molar-refractivity contribution in [1.29, 1.82) is 0 Å². The first-order valence-corrected chi connectivity index (χ1v) is 4.77. The van der Waals surface area contributed by atoms with Crippen LogP contribution in [0.1, 0.15) is 20.3 Å². The van der Waals surface area contributed by atoms with Crippen LogP contribution < -0.4 is 16.0 Å². The number of carbonyl (C=O) groups excluding carboxylic acids is 2. The molecule has 0 saturated heterocycles. The third kappa shape index (κ3) is 7.54. The first-order chi connectivity index (χ1) is 6.56. The summed E-state index contributed by atoms with van der Waals surface area (Å²) in [4.78, 5) is 21.9. The fourth-order valence-corrected chi connectivity index (χ4v) is 0.886. The molecule has 2 amide bonds. The lowest BCUT2D eigenvalue weighted by molar-refractivity contribution is -0.122. The van der Waals surface area contributed by atoms with Gasteiger partial charge < -0.3 is 16.0 Å². The van der Waals surface area contributed by atoms with Gasteiger partial charge in [-0.05, 0) is 13.8 Å². The van der Waals surface area contributed by atoms with Crippen molar-refractivity contribution in [3.05, 3.63) is 0 Å². The van der Waals surface area contributed by atoms with E-state index in [2.05, 4.69) is 16.0 Å². The van der Waals surface area contributed by atoms with E-state index < -0.39 is 0 Å². The number of hydrogen-bond donors (Lipinski definition) is 3. The summed E-state index contributed by atoms with van der Waals surface area (Å²) in [5.41, 5.74) is 0. The van der Waals surface area contributed by atoms with Crippen LogP contribution in [-0.4, -0.2) is 38.0 Å². The molecule has 0 aromatic heterocycles. The molecule has 0 radical (unpaired) electrons. The van der Waals surface area contributed by atoms with Gasteiger partial charge in [0, 0.05) is 26.1 Å². The molecule has 0 saturated carbocycles. The Bertz CT molecular complexity index is 192. The summed E-state index contributed by atoms with van der Waals surface area (Å²) in [6.45, 7) is 4.60. The Morgan fingerprint density at radius 2 is 1.86 bits per heavy atom. The molecule has 3 N–H and O–H groups in total. The third-order valence-electron chi connectivity index (χ3n) is 1.54. The maximum atomic E-state index is 11.1. The lowest BCUT2D eigenvalue weighted by Crippen LogP contribution is -2.35. The van der Waals surface area contributed by atoms with Gasteiger partial charge in [0.25, 0.3) is 0 Å². The lowest BCUT2D eigenvalue weighted by Gasteiger charge is -2.08. The van der Waals surface area contributed by atoms with Gasteiger partial charge in [0.15, 0.2) is 0 Å². The molecule has 0 aliphatic heterocycles. The van der Waals surface area contributed by atoms with E-state index in [4.69, 9.17) is 0 Å². The molecule has 0 aromatic carbocycles. The van der Waals surface area contributed by atoms with E-state index in [1.165, 1.54) is 0 Å². The number of nitrogens with one attached hydrogen (secondary N) is 3. The van der Waals surface area contributed by atoms with Crippen LogP contribution in [0, 0.1) is 0 Å². The topological polar surface area (TPSA) is 70.2 Å². The van der Waals surface area contributed by atoms with E-state index in [1.807, 2.05) is 13.8 Å². The summed E-state index contributed by atoms with van der Waals surface area (Å²) in [6.07, 6.45) is 0.398. The first-order valence-electron chi connectivity index (χ1n) is 4.77.